The van der Waals surface area contributed by atoms with Gasteiger partial charge in [-0.15, -0.1) is 0 Å². The predicted molar refractivity (Wildman–Crippen MR) is 83.2 cm³/mol. The smallest absolute Gasteiger partial charge is 0.138 e. The highest BCUT2D eigenvalue weighted by Gasteiger charge is 2.20. The Balaban J connectivity index is 2.14. The summed E-state index contributed by atoms with van der Waals surface area (Å²) in [5, 5.41) is 3.44. The minimum atomic E-state index is -0.200. The van der Waals surface area contributed by atoms with E-state index < -0.39 is 0 Å². The van der Waals surface area contributed by atoms with Crippen LogP contribution in [0.3, 0.4) is 0 Å². The first kappa shape index (κ1) is 13.9. The number of benzene rings is 1. The zero-order chi connectivity index (χ0) is 13.1. The lowest BCUT2D eigenvalue weighted by Crippen LogP contribution is -2.26. The number of hydrogen-bond acceptors (Lipinski definition) is 2. The molecular formula is C14H20FIN2. The molecule has 0 saturated heterocycles. The average Bonchev–Trinajstić information content (AvgIpc) is 2.52. The first-order chi connectivity index (χ1) is 8.58. The van der Waals surface area contributed by atoms with Gasteiger partial charge in [0.2, 0.25) is 0 Å². The van der Waals surface area contributed by atoms with Crippen molar-refractivity contribution < 1.29 is 4.39 Å². The third kappa shape index (κ3) is 3.28. The molecule has 0 bridgehead atoms. The summed E-state index contributed by atoms with van der Waals surface area (Å²) in [5.41, 5.74) is 7.34. The zero-order valence-electron chi connectivity index (χ0n) is 10.7. The van der Waals surface area contributed by atoms with Gasteiger partial charge < -0.3 is 11.1 Å². The van der Waals surface area contributed by atoms with Crippen molar-refractivity contribution in [2.75, 3.05) is 11.1 Å². The molecular weight excluding hydrogens is 342 g/mol. The van der Waals surface area contributed by atoms with E-state index in [1.54, 1.807) is 6.07 Å². The molecule has 0 amide bonds. The van der Waals surface area contributed by atoms with E-state index in [0.717, 1.165) is 12.1 Å². The summed E-state index contributed by atoms with van der Waals surface area (Å²) in [7, 11) is 0. The maximum Gasteiger partial charge on any atom is 0.138 e. The van der Waals surface area contributed by atoms with Crippen LogP contribution in [0.4, 0.5) is 15.8 Å². The summed E-state index contributed by atoms with van der Waals surface area (Å²) >= 11 is 1.96. The van der Waals surface area contributed by atoms with Crippen LogP contribution in [0.2, 0.25) is 0 Å². The van der Waals surface area contributed by atoms with E-state index in [1.807, 2.05) is 22.6 Å². The van der Waals surface area contributed by atoms with E-state index in [-0.39, 0.29) is 5.82 Å². The summed E-state index contributed by atoms with van der Waals surface area (Å²) in [6, 6.07) is 3.63. The number of nitrogens with one attached hydrogen (secondary N) is 1. The lowest BCUT2D eigenvalue weighted by molar-refractivity contribution is 0.456. The largest absolute Gasteiger partial charge is 0.397 e. The summed E-state index contributed by atoms with van der Waals surface area (Å²) < 4.78 is 14.2. The van der Waals surface area contributed by atoms with Crippen molar-refractivity contribution >= 4 is 34.0 Å². The Hall–Kier alpha value is -0.520. The molecule has 1 saturated carbocycles. The highest BCUT2D eigenvalue weighted by Crippen LogP contribution is 2.30. The highest BCUT2D eigenvalue weighted by atomic mass is 127. The van der Waals surface area contributed by atoms with E-state index in [4.69, 9.17) is 5.73 Å². The average molecular weight is 362 g/mol. The molecule has 0 heterocycles. The van der Waals surface area contributed by atoms with Crippen LogP contribution in [-0.4, -0.2) is 6.04 Å². The van der Waals surface area contributed by atoms with Crippen LogP contribution < -0.4 is 11.1 Å². The van der Waals surface area contributed by atoms with Gasteiger partial charge in [-0.25, -0.2) is 4.39 Å². The highest BCUT2D eigenvalue weighted by molar-refractivity contribution is 14.1. The molecule has 2 atom stereocenters. The number of nitrogen functional groups attached to an aromatic ring is 1. The van der Waals surface area contributed by atoms with Gasteiger partial charge in [0, 0.05) is 12.1 Å². The van der Waals surface area contributed by atoms with Crippen LogP contribution in [0.1, 0.15) is 39.0 Å². The molecule has 100 valence electrons. The van der Waals surface area contributed by atoms with Crippen LogP contribution in [0.25, 0.3) is 0 Å². The molecule has 0 aromatic heterocycles. The molecule has 18 heavy (non-hydrogen) atoms. The Labute approximate surface area is 122 Å². The molecule has 2 rings (SSSR count). The minimum absolute atomic E-state index is 0.200. The molecule has 0 radical (unpaired) electrons. The van der Waals surface area contributed by atoms with Crippen LogP contribution >= 0.6 is 22.6 Å². The molecule has 1 aliphatic rings. The molecule has 2 nitrogen and oxygen atoms in total. The summed E-state index contributed by atoms with van der Waals surface area (Å²) in [6.07, 6.45) is 6.24. The van der Waals surface area contributed by atoms with Gasteiger partial charge in [-0.3, -0.25) is 0 Å². The van der Waals surface area contributed by atoms with Crippen molar-refractivity contribution in [1.29, 1.82) is 0 Å². The van der Waals surface area contributed by atoms with Crippen LogP contribution in [0, 0.1) is 15.3 Å². The second-order valence-corrected chi connectivity index (χ2v) is 6.38. The summed E-state index contributed by atoms with van der Waals surface area (Å²) in [4.78, 5) is 0. The predicted octanol–water partition coefficient (Wildman–Crippen LogP) is 4.39. The monoisotopic (exact) mass is 362 g/mol. The number of anilines is 2. The van der Waals surface area contributed by atoms with Crippen molar-refractivity contribution in [3.63, 3.8) is 0 Å². The minimum Gasteiger partial charge on any atom is -0.397 e. The molecule has 0 aliphatic heterocycles. The van der Waals surface area contributed by atoms with Gasteiger partial charge in [0.1, 0.15) is 5.82 Å². The van der Waals surface area contributed by atoms with E-state index in [2.05, 4.69) is 12.2 Å². The van der Waals surface area contributed by atoms with E-state index in [0.29, 0.717) is 21.2 Å². The van der Waals surface area contributed by atoms with Crippen molar-refractivity contribution in [3.8, 4) is 0 Å². The fraction of sp³-hybridized carbons (Fsp3) is 0.571. The zero-order valence-corrected chi connectivity index (χ0v) is 12.8. The van der Waals surface area contributed by atoms with Crippen molar-refractivity contribution in [2.45, 2.75) is 45.1 Å². The summed E-state index contributed by atoms with van der Waals surface area (Å²) in [6.45, 7) is 2.27. The second-order valence-electron chi connectivity index (χ2n) is 5.22. The van der Waals surface area contributed by atoms with Crippen LogP contribution in [-0.2, 0) is 0 Å². The SMILES string of the molecule is CC1CCCCCC1Nc1cc(F)c(I)cc1N. The van der Waals surface area contributed by atoms with Gasteiger partial charge in [-0.05, 0) is 47.4 Å². The van der Waals surface area contributed by atoms with Gasteiger partial charge in [0.15, 0.2) is 0 Å². The molecule has 4 heteroatoms. The number of hydrogen-bond donors (Lipinski definition) is 2. The fourth-order valence-corrected chi connectivity index (χ4v) is 3.09. The Morgan fingerprint density at radius 3 is 2.78 bits per heavy atom. The van der Waals surface area contributed by atoms with Gasteiger partial charge >= 0.3 is 0 Å². The third-order valence-electron chi connectivity index (χ3n) is 3.79. The van der Waals surface area contributed by atoms with Crippen LogP contribution in [0.5, 0.6) is 0 Å². The van der Waals surface area contributed by atoms with E-state index in [9.17, 15) is 4.39 Å². The molecule has 1 fully saturated rings. The molecule has 1 aromatic carbocycles. The van der Waals surface area contributed by atoms with Crippen LogP contribution in [0.15, 0.2) is 12.1 Å². The maximum atomic E-state index is 13.6. The van der Waals surface area contributed by atoms with Gasteiger partial charge in [-0.1, -0.05) is 26.2 Å². The van der Waals surface area contributed by atoms with Gasteiger partial charge in [-0.2, -0.15) is 0 Å². The normalized spacial score (nSPS) is 24.6. The standard InChI is InChI=1S/C14H20FIN2/c1-9-5-3-2-4-6-13(9)18-14-7-10(15)11(16)8-12(14)17/h7-9,13,18H,2-6,17H2,1H3. The molecule has 3 N–H and O–H groups in total. The number of rotatable bonds is 2. The second kappa shape index (κ2) is 6.08. The fourth-order valence-electron chi connectivity index (χ4n) is 2.59. The van der Waals surface area contributed by atoms with Crippen molar-refractivity contribution in [1.82, 2.24) is 0 Å². The summed E-state index contributed by atoms with van der Waals surface area (Å²) in [5.74, 6) is 0.419. The molecule has 0 spiro atoms. The quantitative estimate of drug-likeness (QED) is 0.465. The first-order valence-corrected chi connectivity index (χ1v) is 7.67. The Bertz CT molecular complexity index is 423. The van der Waals surface area contributed by atoms with Gasteiger partial charge in [0.05, 0.1) is 14.9 Å². The lowest BCUT2D eigenvalue weighted by atomic mass is 9.96. The first-order valence-electron chi connectivity index (χ1n) is 6.59. The Morgan fingerprint density at radius 2 is 2.00 bits per heavy atom. The topological polar surface area (TPSA) is 38.0 Å². The third-order valence-corrected chi connectivity index (χ3v) is 4.62. The number of nitrogens with two attached hydrogens (primary N) is 1. The van der Waals surface area contributed by atoms with Gasteiger partial charge in [0.25, 0.3) is 0 Å². The van der Waals surface area contributed by atoms with Crippen molar-refractivity contribution in [2.24, 2.45) is 5.92 Å². The van der Waals surface area contributed by atoms with Crippen molar-refractivity contribution in [3.05, 3.63) is 21.5 Å². The van der Waals surface area contributed by atoms with E-state index >= 15 is 0 Å². The Kier molecular flexibility index (Phi) is 4.70. The lowest BCUT2D eigenvalue weighted by Gasteiger charge is -2.25. The molecule has 1 aliphatic carbocycles. The molecule has 2 unspecified atom stereocenters. The molecule has 1 aromatic rings. The maximum absolute atomic E-state index is 13.6. The van der Waals surface area contributed by atoms with E-state index in [1.165, 1.54) is 31.7 Å². The number of halogens is 2. The Morgan fingerprint density at radius 1 is 1.28 bits per heavy atom.